The molecule has 0 aliphatic heterocycles. The molecule has 5 nitrogen and oxygen atoms in total. The lowest BCUT2D eigenvalue weighted by Gasteiger charge is -2.15. The van der Waals surface area contributed by atoms with Crippen LogP contribution in [0.3, 0.4) is 0 Å². The van der Waals surface area contributed by atoms with Gasteiger partial charge in [-0.25, -0.2) is 13.1 Å². The zero-order chi connectivity index (χ0) is 25.4. The lowest BCUT2D eigenvalue weighted by atomic mass is 10.1. The molecule has 5 aromatic rings. The summed E-state index contributed by atoms with van der Waals surface area (Å²) in [6.07, 6.45) is -0.164. The van der Waals surface area contributed by atoms with Crippen LogP contribution in [-0.2, 0) is 21.4 Å². The van der Waals surface area contributed by atoms with Gasteiger partial charge in [0, 0.05) is 5.56 Å². The van der Waals surface area contributed by atoms with Crippen LogP contribution in [0.2, 0.25) is 0 Å². The number of ether oxygens (including phenoxy) is 1. The molecule has 182 valence electrons. The van der Waals surface area contributed by atoms with Crippen LogP contribution in [0.4, 0.5) is 0 Å². The van der Waals surface area contributed by atoms with Gasteiger partial charge < -0.3 is 4.74 Å². The Morgan fingerprint density at radius 3 is 1.97 bits per heavy atom. The Kier molecular flexibility index (Phi) is 5.83. The molecule has 37 heavy (non-hydrogen) atoms. The van der Waals surface area contributed by atoms with Crippen molar-refractivity contribution >= 4 is 26.7 Å². The number of sulfonamides is 1. The fraction of sp³-hybridized carbons (Fsp3) is 0.0645. The largest absolute Gasteiger partial charge is 0.364 e. The summed E-state index contributed by atoms with van der Waals surface area (Å²) in [7, 11) is -4.01. The highest BCUT2D eigenvalue weighted by atomic mass is 32.2. The first-order chi connectivity index (χ1) is 18.0. The highest BCUT2D eigenvalue weighted by Gasteiger charge is 2.28. The Morgan fingerprint density at radius 2 is 1.30 bits per heavy atom. The van der Waals surface area contributed by atoms with Crippen LogP contribution in [0.1, 0.15) is 33.2 Å². The molecule has 0 atom stereocenters. The van der Waals surface area contributed by atoms with E-state index >= 15 is 0 Å². The molecule has 6 heteroatoms. The fourth-order valence-electron chi connectivity index (χ4n) is 4.80. The Hall–Kier alpha value is -4.26. The lowest BCUT2D eigenvalue weighted by Crippen LogP contribution is -2.30. The number of nitrogens with one attached hydrogen (secondary N) is 1. The highest BCUT2D eigenvalue weighted by Crippen LogP contribution is 2.45. The number of carbonyl (C=O) groups is 1. The maximum atomic E-state index is 12.8. The molecular weight excluding hydrogens is 482 g/mol. The average Bonchev–Trinajstić information content (AvgIpc) is 3.25. The van der Waals surface area contributed by atoms with E-state index in [9.17, 15) is 13.2 Å². The van der Waals surface area contributed by atoms with Crippen molar-refractivity contribution in [3.63, 3.8) is 0 Å². The third-order valence-corrected chi connectivity index (χ3v) is 8.00. The molecule has 5 aromatic carbocycles. The third kappa shape index (κ3) is 4.42. The number of carbonyl (C=O) groups excluding carboxylic acids is 1. The molecule has 0 saturated heterocycles. The molecule has 0 fully saturated rings. The van der Waals surface area contributed by atoms with E-state index < -0.39 is 15.9 Å². The third-order valence-electron chi connectivity index (χ3n) is 6.67. The van der Waals surface area contributed by atoms with Crippen LogP contribution in [0.15, 0.2) is 120 Å². The summed E-state index contributed by atoms with van der Waals surface area (Å²) in [5, 5.41) is 1.71. The summed E-state index contributed by atoms with van der Waals surface area (Å²) >= 11 is 0. The van der Waals surface area contributed by atoms with Crippen molar-refractivity contribution in [3.8, 4) is 11.1 Å². The molecule has 0 radical (unpaired) electrons. The van der Waals surface area contributed by atoms with Gasteiger partial charge in [-0.2, -0.15) is 0 Å². The molecule has 0 heterocycles. The highest BCUT2D eigenvalue weighted by molar-refractivity contribution is 7.90. The standard InChI is InChI=1S/C31H23NO4S/c33-31(32-37(34,35)25-18-17-22-7-1-2-8-24(22)19-25)23-15-13-21(14-16-23)20-36-30-28-11-5-3-9-26(28)27-10-4-6-12-29(27)30/h1-19,30H,20H2,(H,32,33). The first-order valence-electron chi connectivity index (χ1n) is 11.9. The zero-order valence-electron chi connectivity index (χ0n) is 19.8. The van der Waals surface area contributed by atoms with Crippen molar-refractivity contribution in [1.29, 1.82) is 0 Å². The Morgan fingerprint density at radius 1 is 0.703 bits per heavy atom. The van der Waals surface area contributed by atoms with Gasteiger partial charge >= 0.3 is 0 Å². The number of hydrogen-bond donors (Lipinski definition) is 1. The van der Waals surface area contributed by atoms with E-state index in [0.29, 0.717) is 6.61 Å². The molecule has 0 saturated carbocycles. The molecule has 1 N–H and O–H groups in total. The van der Waals surface area contributed by atoms with Gasteiger partial charge in [0.05, 0.1) is 11.5 Å². The van der Waals surface area contributed by atoms with Gasteiger partial charge in [-0.3, -0.25) is 4.79 Å². The van der Waals surface area contributed by atoms with Gasteiger partial charge in [-0.15, -0.1) is 0 Å². The predicted octanol–water partition coefficient (Wildman–Crippen LogP) is 6.25. The van der Waals surface area contributed by atoms with E-state index in [1.54, 1.807) is 36.4 Å². The smallest absolute Gasteiger partial charge is 0.264 e. The monoisotopic (exact) mass is 505 g/mol. The number of amides is 1. The summed E-state index contributed by atoms with van der Waals surface area (Å²) < 4.78 is 34.1. The van der Waals surface area contributed by atoms with Crippen LogP contribution >= 0.6 is 0 Å². The first-order valence-corrected chi connectivity index (χ1v) is 13.4. The molecule has 0 bridgehead atoms. The van der Waals surface area contributed by atoms with Gasteiger partial charge in [0.1, 0.15) is 6.10 Å². The van der Waals surface area contributed by atoms with E-state index in [4.69, 9.17) is 4.74 Å². The van der Waals surface area contributed by atoms with Crippen molar-refractivity contribution in [1.82, 2.24) is 4.72 Å². The number of benzene rings is 5. The van der Waals surface area contributed by atoms with E-state index in [1.807, 2.05) is 48.5 Å². The van der Waals surface area contributed by atoms with E-state index in [-0.39, 0.29) is 16.6 Å². The topological polar surface area (TPSA) is 72.5 Å². The minimum absolute atomic E-state index is 0.0432. The lowest BCUT2D eigenvalue weighted by molar-refractivity contribution is 0.0695. The van der Waals surface area contributed by atoms with Gasteiger partial charge in [0.15, 0.2) is 0 Å². The summed E-state index contributed by atoms with van der Waals surface area (Å²) in [4.78, 5) is 12.8. The molecule has 1 aliphatic rings. The van der Waals surface area contributed by atoms with Crippen LogP contribution in [0, 0.1) is 0 Å². The van der Waals surface area contributed by atoms with Crippen LogP contribution in [0.25, 0.3) is 21.9 Å². The predicted molar refractivity (Wildman–Crippen MR) is 144 cm³/mol. The second-order valence-corrected chi connectivity index (χ2v) is 10.7. The molecule has 1 amide bonds. The van der Waals surface area contributed by atoms with Crippen molar-refractivity contribution < 1.29 is 17.9 Å². The zero-order valence-corrected chi connectivity index (χ0v) is 20.6. The van der Waals surface area contributed by atoms with Gasteiger partial charge in [0.25, 0.3) is 15.9 Å². The first kappa shape index (κ1) is 23.2. The quantitative estimate of drug-likeness (QED) is 0.296. The second kappa shape index (κ2) is 9.32. The summed E-state index contributed by atoms with van der Waals surface area (Å²) in [6, 6.07) is 35.5. The van der Waals surface area contributed by atoms with Gasteiger partial charge in [-0.1, -0.05) is 91.0 Å². The van der Waals surface area contributed by atoms with E-state index in [2.05, 4.69) is 29.0 Å². The summed E-state index contributed by atoms with van der Waals surface area (Å²) in [5.41, 5.74) is 5.78. The van der Waals surface area contributed by atoms with Crippen LogP contribution in [0.5, 0.6) is 0 Å². The Labute approximate surface area is 215 Å². The second-order valence-electron chi connectivity index (χ2n) is 9.01. The van der Waals surface area contributed by atoms with Crippen molar-refractivity contribution in [3.05, 3.63) is 138 Å². The van der Waals surface area contributed by atoms with Crippen molar-refractivity contribution in [2.24, 2.45) is 0 Å². The SMILES string of the molecule is O=C(NS(=O)(=O)c1ccc2ccccc2c1)c1ccc(COC2c3ccccc3-c3ccccc32)cc1. The van der Waals surface area contributed by atoms with Crippen molar-refractivity contribution in [2.75, 3.05) is 0 Å². The molecule has 0 aromatic heterocycles. The molecule has 0 spiro atoms. The normalized spacial score (nSPS) is 12.8. The number of fused-ring (bicyclic) bond motifs is 4. The minimum atomic E-state index is -4.01. The number of rotatable bonds is 6. The fourth-order valence-corrected chi connectivity index (χ4v) is 5.80. The van der Waals surface area contributed by atoms with Crippen LogP contribution in [-0.4, -0.2) is 14.3 Å². The maximum Gasteiger partial charge on any atom is 0.264 e. The molecular formula is C31H23NO4S. The Bertz CT molecular complexity index is 1700. The summed E-state index contributed by atoms with van der Waals surface area (Å²) in [6.45, 7) is 0.352. The summed E-state index contributed by atoms with van der Waals surface area (Å²) in [5.74, 6) is -0.681. The molecule has 0 unspecified atom stereocenters. The average molecular weight is 506 g/mol. The van der Waals surface area contributed by atoms with Gasteiger partial charge in [0.2, 0.25) is 0 Å². The Balaban J connectivity index is 1.15. The number of hydrogen-bond acceptors (Lipinski definition) is 4. The molecule has 1 aliphatic carbocycles. The van der Waals surface area contributed by atoms with Gasteiger partial charge in [-0.05, 0) is 62.9 Å². The van der Waals surface area contributed by atoms with Crippen LogP contribution < -0.4 is 4.72 Å². The van der Waals surface area contributed by atoms with E-state index in [0.717, 1.165) is 27.5 Å². The molecule has 6 rings (SSSR count). The minimum Gasteiger partial charge on any atom is -0.364 e. The maximum absolute atomic E-state index is 12.8. The van der Waals surface area contributed by atoms with Crippen molar-refractivity contribution in [2.45, 2.75) is 17.6 Å². The van der Waals surface area contributed by atoms with E-state index in [1.165, 1.54) is 17.2 Å².